The minimum atomic E-state index is -0.592. The Morgan fingerprint density at radius 1 is 0.358 bits per heavy atom. The lowest BCUT2D eigenvalue weighted by Gasteiger charge is -2.45. The number of anilines is 6. The number of hydrogen-bond acceptors (Lipinski definition) is 2. The fourth-order valence-corrected chi connectivity index (χ4v) is 9.37. The van der Waals surface area contributed by atoms with Crippen LogP contribution < -0.4 is 9.80 Å². The smallest absolute Gasteiger partial charge is 0.0755 e. The molecule has 0 aromatic heterocycles. The van der Waals surface area contributed by atoms with Gasteiger partial charge >= 0.3 is 0 Å². The summed E-state index contributed by atoms with van der Waals surface area (Å²) in [6.45, 7) is 0. The predicted molar refractivity (Wildman–Crippen MR) is 222 cm³/mol. The van der Waals surface area contributed by atoms with Crippen LogP contribution in [0.3, 0.4) is 0 Å². The van der Waals surface area contributed by atoms with Crippen LogP contribution in [0.15, 0.2) is 206 Å². The quantitative estimate of drug-likeness (QED) is 0.183. The fraction of sp³-hybridized carbons (Fsp3) is 0.0196. The van der Waals surface area contributed by atoms with Crippen LogP contribution in [0, 0.1) is 0 Å². The molecule has 0 fully saturated rings. The van der Waals surface area contributed by atoms with Gasteiger partial charge in [-0.25, -0.2) is 0 Å². The van der Waals surface area contributed by atoms with Gasteiger partial charge in [-0.1, -0.05) is 152 Å². The minimum Gasteiger partial charge on any atom is -0.310 e. The Labute approximate surface area is 309 Å². The molecule has 0 unspecified atom stereocenters. The van der Waals surface area contributed by atoms with Crippen LogP contribution in [0.5, 0.6) is 0 Å². The molecule has 0 atom stereocenters. The highest BCUT2D eigenvalue weighted by Crippen LogP contribution is 2.66. The van der Waals surface area contributed by atoms with Gasteiger partial charge < -0.3 is 9.80 Å². The molecule has 2 nitrogen and oxygen atoms in total. The lowest BCUT2D eigenvalue weighted by Crippen LogP contribution is -2.36. The van der Waals surface area contributed by atoms with E-state index in [1.54, 1.807) is 0 Å². The van der Waals surface area contributed by atoms with E-state index in [2.05, 4.69) is 216 Å². The van der Waals surface area contributed by atoms with Crippen LogP contribution in [-0.2, 0) is 5.41 Å². The number of para-hydroxylation sites is 5. The molecule has 9 aromatic rings. The molecule has 2 aliphatic rings. The van der Waals surface area contributed by atoms with Crippen molar-refractivity contribution in [3.63, 3.8) is 0 Å². The van der Waals surface area contributed by atoms with Crippen molar-refractivity contribution in [2.75, 3.05) is 9.80 Å². The zero-order valence-corrected chi connectivity index (χ0v) is 29.0. The molecule has 0 amide bonds. The van der Waals surface area contributed by atoms with Crippen LogP contribution in [0.1, 0.15) is 22.3 Å². The molecule has 0 saturated heterocycles. The zero-order valence-electron chi connectivity index (χ0n) is 29.0. The van der Waals surface area contributed by atoms with E-state index in [1.807, 2.05) is 0 Å². The Kier molecular flexibility index (Phi) is 6.50. The molecule has 53 heavy (non-hydrogen) atoms. The lowest BCUT2D eigenvalue weighted by molar-refractivity contribution is 0.753. The molecular formula is C51H34N2. The van der Waals surface area contributed by atoms with Gasteiger partial charge in [-0.05, 0) is 104 Å². The second-order valence-electron chi connectivity index (χ2n) is 14.0. The predicted octanol–water partition coefficient (Wildman–Crippen LogP) is 13.6. The van der Waals surface area contributed by atoms with E-state index in [1.165, 1.54) is 66.3 Å². The van der Waals surface area contributed by atoms with Crippen molar-refractivity contribution in [3.8, 4) is 11.1 Å². The van der Waals surface area contributed by atoms with Gasteiger partial charge in [0, 0.05) is 22.4 Å². The molecule has 1 aliphatic heterocycles. The van der Waals surface area contributed by atoms with Gasteiger partial charge in [0.25, 0.3) is 0 Å². The highest BCUT2D eigenvalue weighted by atomic mass is 15.2. The van der Waals surface area contributed by atoms with Crippen LogP contribution in [0.4, 0.5) is 34.1 Å². The van der Waals surface area contributed by atoms with Crippen molar-refractivity contribution in [1.82, 2.24) is 0 Å². The van der Waals surface area contributed by atoms with Gasteiger partial charge in [-0.2, -0.15) is 0 Å². The molecule has 0 N–H and O–H groups in total. The first-order chi connectivity index (χ1) is 26.3. The van der Waals surface area contributed by atoms with Crippen molar-refractivity contribution >= 4 is 55.7 Å². The van der Waals surface area contributed by atoms with Crippen LogP contribution >= 0.6 is 0 Å². The molecule has 1 spiro atoms. The van der Waals surface area contributed by atoms with E-state index in [0.29, 0.717) is 0 Å². The standard InChI is InChI=1S/C51H34N2/c1-4-19-36(20-5-1)52(37-21-6-2-7-22-37)48-34-45-50(41-27-13-12-26-40(41)48)49-39-25-11-10-18-35(39)32-33-44(49)51(45)42-28-14-16-30-46(42)53(38-23-8-3-9-24-38)47-31-17-15-29-43(47)51/h1-34H. The second-order valence-corrected chi connectivity index (χ2v) is 14.0. The van der Waals surface area contributed by atoms with Crippen LogP contribution in [0.2, 0.25) is 0 Å². The minimum absolute atomic E-state index is 0.592. The lowest BCUT2D eigenvalue weighted by atomic mass is 9.64. The summed E-state index contributed by atoms with van der Waals surface area (Å²) in [7, 11) is 0. The number of nitrogens with zero attached hydrogens (tertiary/aromatic N) is 2. The summed E-state index contributed by atoms with van der Waals surface area (Å²) < 4.78 is 0. The molecule has 0 saturated carbocycles. The zero-order chi connectivity index (χ0) is 34.9. The Balaban J connectivity index is 1.34. The summed E-state index contributed by atoms with van der Waals surface area (Å²) >= 11 is 0. The highest BCUT2D eigenvalue weighted by Gasteiger charge is 2.53. The average Bonchev–Trinajstić information content (AvgIpc) is 3.53. The van der Waals surface area contributed by atoms with E-state index in [-0.39, 0.29) is 0 Å². The van der Waals surface area contributed by atoms with Crippen LogP contribution in [0.25, 0.3) is 32.7 Å². The maximum atomic E-state index is 2.53. The maximum absolute atomic E-state index is 2.53. The Bertz CT molecular complexity index is 2760. The van der Waals surface area contributed by atoms with E-state index in [9.17, 15) is 0 Å². The van der Waals surface area contributed by atoms with Crippen molar-refractivity contribution in [1.29, 1.82) is 0 Å². The number of rotatable bonds is 4. The summed E-state index contributed by atoms with van der Waals surface area (Å²) in [5.41, 5.74) is 14.2. The maximum Gasteiger partial charge on any atom is 0.0755 e. The molecular weight excluding hydrogens is 641 g/mol. The highest BCUT2D eigenvalue weighted by molar-refractivity contribution is 6.16. The average molecular weight is 675 g/mol. The molecule has 0 bridgehead atoms. The fourth-order valence-electron chi connectivity index (χ4n) is 9.37. The van der Waals surface area contributed by atoms with Crippen molar-refractivity contribution < 1.29 is 0 Å². The second kappa shape index (κ2) is 11.6. The van der Waals surface area contributed by atoms with Crippen molar-refractivity contribution in [2.45, 2.75) is 5.41 Å². The summed E-state index contributed by atoms with van der Waals surface area (Å²) in [4.78, 5) is 4.89. The summed E-state index contributed by atoms with van der Waals surface area (Å²) in [6.07, 6.45) is 0. The number of hydrogen-bond donors (Lipinski definition) is 0. The van der Waals surface area contributed by atoms with E-state index in [0.717, 1.165) is 22.7 Å². The normalized spacial score (nSPS) is 13.4. The Hall–Kier alpha value is -6.90. The third-order valence-electron chi connectivity index (χ3n) is 11.4. The monoisotopic (exact) mass is 674 g/mol. The molecule has 2 heteroatoms. The van der Waals surface area contributed by atoms with Gasteiger partial charge in [0.2, 0.25) is 0 Å². The van der Waals surface area contributed by atoms with Gasteiger partial charge in [-0.15, -0.1) is 0 Å². The van der Waals surface area contributed by atoms with E-state index in [4.69, 9.17) is 0 Å². The molecule has 248 valence electrons. The van der Waals surface area contributed by atoms with E-state index >= 15 is 0 Å². The molecule has 1 heterocycles. The molecule has 11 rings (SSSR count). The summed E-state index contributed by atoms with van der Waals surface area (Å²) in [6, 6.07) is 75.8. The topological polar surface area (TPSA) is 6.48 Å². The third-order valence-corrected chi connectivity index (χ3v) is 11.4. The van der Waals surface area contributed by atoms with Crippen LogP contribution in [-0.4, -0.2) is 0 Å². The first-order valence-corrected chi connectivity index (χ1v) is 18.4. The van der Waals surface area contributed by atoms with Gasteiger partial charge in [0.05, 0.1) is 22.5 Å². The Morgan fingerprint density at radius 3 is 1.49 bits per heavy atom. The van der Waals surface area contributed by atoms with Crippen molar-refractivity contribution in [3.05, 3.63) is 229 Å². The summed E-state index contributed by atoms with van der Waals surface area (Å²) in [5.74, 6) is 0. The SMILES string of the molecule is c1ccc(N2c3ccccc3C3(c4ccccc42)c2ccc4ccccc4c2-c2c3cc(N(c3ccccc3)c3ccccc3)c3ccccc23)cc1. The largest absolute Gasteiger partial charge is 0.310 e. The third kappa shape index (κ3) is 4.15. The Morgan fingerprint density at radius 2 is 0.849 bits per heavy atom. The van der Waals surface area contributed by atoms with E-state index < -0.39 is 5.41 Å². The molecule has 9 aromatic carbocycles. The molecule has 0 radical (unpaired) electrons. The molecule has 1 aliphatic carbocycles. The number of fused-ring (bicyclic) bond motifs is 13. The number of benzene rings is 9. The van der Waals surface area contributed by atoms with Gasteiger partial charge in [0.1, 0.15) is 0 Å². The van der Waals surface area contributed by atoms with Crippen molar-refractivity contribution in [2.24, 2.45) is 0 Å². The van der Waals surface area contributed by atoms with Gasteiger partial charge in [-0.3, -0.25) is 0 Å². The first kappa shape index (κ1) is 29.8. The first-order valence-electron chi connectivity index (χ1n) is 18.4. The van der Waals surface area contributed by atoms with Gasteiger partial charge in [0.15, 0.2) is 0 Å². The summed E-state index contributed by atoms with van der Waals surface area (Å²) in [5, 5.41) is 5.01.